The van der Waals surface area contributed by atoms with Crippen molar-refractivity contribution in [3.8, 4) is 0 Å². The minimum absolute atomic E-state index is 0.320. The van der Waals surface area contributed by atoms with Gasteiger partial charge in [-0.2, -0.15) is 0 Å². The summed E-state index contributed by atoms with van der Waals surface area (Å²) in [6.07, 6.45) is 0.944. The zero-order valence-electron chi connectivity index (χ0n) is 15.3. The van der Waals surface area contributed by atoms with Gasteiger partial charge in [0.25, 0.3) is 0 Å². The number of hydrogen-bond donors (Lipinski definition) is 5. The van der Waals surface area contributed by atoms with Crippen LogP contribution < -0.4 is 21.7 Å². The van der Waals surface area contributed by atoms with E-state index in [4.69, 9.17) is 5.73 Å². The lowest BCUT2D eigenvalue weighted by Gasteiger charge is -2.21. The smallest absolute Gasteiger partial charge is 0.245 e. The lowest BCUT2D eigenvalue weighted by atomic mass is 10.1. The van der Waals surface area contributed by atoms with Gasteiger partial charge in [-0.15, -0.1) is 0 Å². The van der Waals surface area contributed by atoms with Crippen LogP contribution in [0.4, 0.5) is 0 Å². The van der Waals surface area contributed by atoms with Crippen LogP contribution in [0.3, 0.4) is 0 Å². The van der Waals surface area contributed by atoms with Crippen molar-refractivity contribution < 1.29 is 24.3 Å². The summed E-state index contributed by atoms with van der Waals surface area (Å²) in [6.45, 7) is 2.22. The molecule has 0 aromatic heterocycles. The van der Waals surface area contributed by atoms with Crippen molar-refractivity contribution in [2.45, 2.75) is 44.4 Å². The number of nitrogens with one attached hydrogen (secondary N) is 3. The van der Waals surface area contributed by atoms with E-state index in [0.29, 0.717) is 12.7 Å². The molecule has 0 aliphatic carbocycles. The molecule has 0 aliphatic rings. The summed E-state index contributed by atoms with van der Waals surface area (Å²) >= 11 is 0. The highest BCUT2D eigenvalue weighted by atomic mass is 16.3. The second kappa shape index (κ2) is 11.0. The lowest BCUT2D eigenvalue weighted by molar-refractivity contribution is -0.133. The van der Waals surface area contributed by atoms with Crippen molar-refractivity contribution in [1.29, 1.82) is 0 Å². The number of aliphatic hydroxyl groups excluding tert-OH is 1. The first-order valence-electron chi connectivity index (χ1n) is 8.55. The predicted molar refractivity (Wildman–Crippen MR) is 98.4 cm³/mol. The quantitative estimate of drug-likeness (QED) is 0.304. The average Bonchev–Trinajstić information content (AvgIpc) is 2.65. The summed E-state index contributed by atoms with van der Waals surface area (Å²) in [7, 11) is 0. The van der Waals surface area contributed by atoms with E-state index in [9.17, 15) is 24.3 Å². The van der Waals surface area contributed by atoms with Crippen molar-refractivity contribution in [3.05, 3.63) is 35.9 Å². The lowest BCUT2D eigenvalue weighted by Crippen LogP contribution is -2.56. The van der Waals surface area contributed by atoms with Crippen molar-refractivity contribution in [1.82, 2.24) is 16.0 Å². The van der Waals surface area contributed by atoms with Crippen LogP contribution in [0.1, 0.15) is 19.4 Å². The average molecular weight is 378 g/mol. The van der Waals surface area contributed by atoms with Gasteiger partial charge in [-0.25, -0.2) is 0 Å². The number of rotatable bonds is 10. The third kappa shape index (κ3) is 7.55. The molecular formula is C18H26N4O5. The topological polar surface area (TPSA) is 151 Å². The number of amides is 3. The molecule has 0 bridgehead atoms. The van der Waals surface area contributed by atoms with Crippen LogP contribution in [0.15, 0.2) is 30.3 Å². The van der Waals surface area contributed by atoms with Crippen LogP contribution in [-0.4, -0.2) is 59.9 Å². The number of hydrogen-bond acceptors (Lipinski definition) is 6. The van der Waals surface area contributed by atoms with Gasteiger partial charge in [-0.05, 0) is 25.8 Å². The van der Waals surface area contributed by atoms with Crippen LogP contribution in [0.5, 0.6) is 0 Å². The predicted octanol–water partition coefficient (Wildman–Crippen LogP) is -1.76. The second-order valence-electron chi connectivity index (χ2n) is 6.20. The summed E-state index contributed by atoms with van der Waals surface area (Å²) in [5.41, 5.74) is 6.28. The standard InChI is InChI=1S/C18H26N4O5/c1-11(19)16(25)22-15(10-24)18(27)20-12(2)17(26)21-14(9-23)8-13-6-4-3-5-7-13/h3-7,9,11-12,14-15,24H,8,10,19H2,1-2H3,(H,20,27)(H,21,26)(H,22,25)/t11-,12-,14?,15?/m0/s1. The molecular weight excluding hydrogens is 352 g/mol. The van der Waals surface area contributed by atoms with E-state index in [1.807, 2.05) is 30.3 Å². The Kier molecular flexibility index (Phi) is 9.11. The monoisotopic (exact) mass is 378 g/mol. The molecule has 0 aliphatic heterocycles. The number of benzene rings is 1. The molecule has 27 heavy (non-hydrogen) atoms. The number of aliphatic hydroxyl groups is 1. The van der Waals surface area contributed by atoms with Gasteiger partial charge in [0.05, 0.1) is 18.7 Å². The Labute approximate surface area is 157 Å². The van der Waals surface area contributed by atoms with Gasteiger partial charge in [0.1, 0.15) is 18.4 Å². The van der Waals surface area contributed by atoms with E-state index in [2.05, 4.69) is 16.0 Å². The Morgan fingerprint density at radius 2 is 1.67 bits per heavy atom. The van der Waals surface area contributed by atoms with Gasteiger partial charge < -0.3 is 31.6 Å². The molecule has 2 unspecified atom stereocenters. The summed E-state index contributed by atoms with van der Waals surface area (Å²) in [5, 5.41) is 16.5. The maximum absolute atomic E-state index is 12.2. The first kappa shape index (κ1) is 22.3. The van der Waals surface area contributed by atoms with Crippen LogP contribution in [-0.2, 0) is 25.6 Å². The van der Waals surface area contributed by atoms with Gasteiger partial charge >= 0.3 is 0 Å². The highest BCUT2D eigenvalue weighted by Gasteiger charge is 2.25. The SMILES string of the molecule is C[C@H](N)C(=O)NC(CO)C(=O)N[C@@H](C)C(=O)NC(C=O)Cc1ccccc1. The fourth-order valence-electron chi connectivity index (χ4n) is 2.19. The minimum Gasteiger partial charge on any atom is -0.394 e. The molecule has 1 aromatic carbocycles. The third-order valence-electron chi connectivity index (χ3n) is 3.77. The van der Waals surface area contributed by atoms with Gasteiger partial charge in [0.2, 0.25) is 17.7 Å². The molecule has 0 spiro atoms. The molecule has 0 saturated heterocycles. The van der Waals surface area contributed by atoms with E-state index >= 15 is 0 Å². The molecule has 4 atom stereocenters. The van der Waals surface area contributed by atoms with E-state index < -0.39 is 48.5 Å². The van der Waals surface area contributed by atoms with E-state index in [0.717, 1.165) is 5.56 Å². The normalized spacial score (nSPS) is 15.0. The summed E-state index contributed by atoms with van der Waals surface area (Å²) in [5.74, 6) is -1.91. The molecule has 0 fully saturated rings. The molecule has 1 aromatic rings. The van der Waals surface area contributed by atoms with E-state index in [1.165, 1.54) is 13.8 Å². The summed E-state index contributed by atoms with van der Waals surface area (Å²) in [4.78, 5) is 47.1. The number of carbonyl (C=O) groups is 4. The van der Waals surface area contributed by atoms with E-state index in [-0.39, 0.29) is 0 Å². The number of aldehydes is 1. The molecule has 9 heteroatoms. The van der Waals surface area contributed by atoms with Gasteiger partial charge in [-0.3, -0.25) is 14.4 Å². The van der Waals surface area contributed by atoms with Crippen LogP contribution >= 0.6 is 0 Å². The Hall–Kier alpha value is -2.78. The van der Waals surface area contributed by atoms with Crippen LogP contribution in [0.25, 0.3) is 0 Å². The second-order valence-corrected chi connectivity index (χ2v) is 6.20. The molecule has 1 rings (SSSR count). The first-order valence-corrected chi connectivity index (χ1v) is 8.55. The maximum atomic E-state index is 12.2. The Bertz CT molecular complexity index is 650. The van der Waals surface area contributed by atoms with Gasteiger partial charge in [-0.1, -0.05) is 30.3 Å². The van der Waals surface area contributed by atoms with Crippen molar-refractivity contribution in [3.63, 3.8) is 0 Å². The largest absolute Gasteiger partial charge is 0.394 e. The Balaban J connectivity index is 2.59. The molecule has 148 valence electrons. The molecule has 0 radical (unpaired) electrons. The van der Waals surface area contributed by atoms with Gasteiger partial charge in [0.15, 0.2) is 0 Å². The van der Waals surface area contributed by atoms with Crippen molar-refractivity contribution in [2.24, 2.45) is 5.73 Å². The fourth-order valence-corrected chi connectivity index (χ4v) is 2.19. The van der Waals surface area contributed by atoms with Crippen LogP contribution in [0, 0.1) is 0 Å². The fraction of sp³-hybridized carbons (Fsp3) is 0.444. The number of nitrogens with two attached hydrogens (primary N) is 1. The minimum atomic E-state index is -1.23. The van der Waals surface area contributed by atoms with Crippen molar-refractivity contribution in [2.75, 3.05) is 6.61 Å². The molecule has 6 N–H and O–H groups in total. The highest BCUT2D eigenvalue weighted by molar-refractivity contribution is 5.93. The number of carbonyl (C=O) groups excluding carboxylic acids is 4. The van der Waals surface area contributed by atoms with Gasteiger partial charge in [0, 0.05) is 0 Å². The van der Waals surface area contributed by atoms with Crippen LogP contribution in [0.2, 0.25) is 0 Å². The van der Waals surface area contributed by atoms with E-state index in [1.54, 1.807) is 0 Å². The zero-order chi connectivity index (χ0) is 20.4. The van der Waals surface area contributed by atoms with Crippen molar-refractivity contribution >= 4 is 24.0 Å². The maximum Gasteiger partial charge on any atom is 0.245 e. The Morgan fingerprint density at radius 1 is 1.04 bits per heavy atom. The zero-order valence-corrected chi connectivity index (χ0v) is 15.3. The first-order chi connectivity index (χ1) is 12.8. The Morgan fingerprint density at radius 3 is 2.19 bits per heavy atom. The third-order valence-corrected chi connectivity index (χ3v) is 3.77. The molecule has 0 saturated carbocycles. The highest BCUT2D eigenvalue weighted by Crippen LogP contribution is 2.02. The summed E-state index contributed by atoms with van der Waals surface area (Å²) < 4.78 is 0. The molecule has 0 heterocycles. The molecule has 9 nitrogen and oxygen atoms in total. The summed E-state index contributed by atoms with van der Waals surface area (Å²) in [6, 6.07) is 5.37. The molecule has 3 amide bonds.